The number of amides is 2. The molecule has 2 amide bonds. The third kappa shape index (κ3) is 4.93. The predicted octanol–water partition coefficient (Wildman–Crippen LogP) is 3.98. The highest BCUT2D eigenvalue weighted by Crippen LogP contribution is 2.21. The third-order valence-corrected chi connectivity index (χ3v) is 3.81. The van der Waals surface area contributed by atoms with E-state index >= 15 is 0 Å². The van der Waals surface area contributed by atoms with Gasteiger partial charge in [-0.25, -0.2) is 9.59 Å². The monoisotopic (exact) mass is 312 g/mol. The molecule has 0 aliphatic heterocycles. The number of benzene rings is 1. The van der Waals surface area contributed by atoms with E-state index in [4.69, 9.17) is 16.7 Å². The van der Waals surface area contributed by atoms with Crippen molar-refractivity contribution in [2.75, 3.05) is 5.32 Å². The van der Waals surface area contributed by atoms with Gasteiger partial charge >= 0.3 is 12.0 Å². The van der Waals surface area contributed by atoms with Crippen LogP contribution in [0.5, 0.6) is 0 Å². The van der Waals surface area contributed by atoms with Crippen LogP contribution in [0.2, 0.25) is 5.02 Å². The zero-order valence-electron chi connectivity index (χ0n) is 12.4. The van der Waals surface area contributed by atoms with Crippen molar-refractivity contribution in [3.8, 4) is 0 Å². The summed E-state index contributed by atoms with van der Waals surface area (Å²) in [6, 6.07) is 3.84. The molecule has 0 aliphatic rings. The highest BCUT2D eigenvalue weighted by Gasteiger charge is 2.17. The van der Waals surface area contributed by atoms with Crippen LogP contribution in [0.3, 0.4) is 0 Å². The maximum absolute atomic E-state index is 12.0. The lowest BCUT2D eigenvalue weighted by molar-refractivity contribution is 0.0698. The minimum atomic E-state index is -1.12. The van der Waals surface area contributed by atoms with Crippen molar-refractivity contribution in [3.63, 3.8) is 0 Å². The first kappa shape index (κ1) is 17.3. The van der Waals surface area contributed by atoms with E-state index in [1.165, 1.54) is 18.2 Å². The Morgan fingerprint density at radius 3 is 2.43 bits per heavy atom. The lowest BCUT2D eigenvalue weighted by Crippen LogP contribution is -2.40. The number of nitrogens with one attached hydrogen (secondary N) is 2. The van der Waals surface area contributed by atoms with Crippen molar-refractivity contribution in [2.45, 2.75) is 39.7 Å². The second-order valence-corrected chi connectivity index (χ2v) is 5.40. The van der Waals surface area contributed by atoms with Crippen LogP contribution in [-0.2, 0) is 0 Å². The zero-order valence-corrected chi connectivity index (χ0v) is 13.2. The van der Waals surface area contributed by atoms with Crippen LogP contribution in [0.15, 0.2) is 18.2 Å². The van der Waals surface area contributed by atoms with Gasteiger partial charge in [0.05, 0.1) is 11.3 Å². The molecular weight excluding hydrogens is 292 g/mol. The van der Waals surface area contributed by atoms with Crippen LogP contribution in [0.1, 0.15) is 44.0 Å². The molecule has 21 heavy (non-hydrogen) atoms. The van der Waals surface area contributed by atoms with Gasteiger partial charge in [0.1, 0.15) is 0 Å². The smallest absolute Gasteiger partial charge is 0.337 e. The minimum absolute atomic E-state index is 0.00439. The predicted molar refractivity (Wildman–Crippen MR) is 84.1 cm³/mol. The number of anilines is 1. The Kier molecular flexibility index (Phi) is 6.49. The van der Waals surface area contributed by atoms with Gasteiger partial charge in [-0.2, -0.15) is 0 Å². The van der Waals surface area contributed by atoms with E-state index in [0.717, 1.165) is 12.8 Å². The summed E-state index contributed by atoms with van der Waals surface area (Å²) >= 11 is 5.84. The average molecular weight is 313 g/mol. The summed E-state index contributed by atoms with van der Waals surface area (Å²) in [5, 5.41) is 14.8. The van der Waals surface area contributed by atoms with Gasteiger partial charge in [-0.3, -0.25) is 0 Å². The summed E-state index contributed by atoms with van der Waals surface area (Å²) < 4.78 is 0. The zero-order chi connectivity index (χ0) is 16.0. The quantitative estimate of drug-likeness (QED) is 0.743. The standard InChI is InChI=1S/C15H21ClN2O3/c1-4-10(5-2)9(3)17-15(21)18-13-8-11(16)6-7-12(13)14(19)20/h6-10H,4-5H2,1-3H3,(H,19,20)(H2,17,18,21). The second kappa shape index (κ2) is 7.88. The fourth-order valence-electron chi connectivity index (χ4n) is 2.29. The summed E-state index contributed by atoms with van der Waals surface area (Å²) in [6.07, 6.45) is 1.94. The van der Waals surface area contributed by atoms with Crippen LogP contribution in [0, 0.1) is 5.92 Å². The first-order valence-electron chi connectivity index (χ1n) is 6.99. The molecule has 1 atom stereocenters. The lowest BCUT2D eigenvalue weighted by atomic mass is 9.96. The fraction of sp³-hybridized carbons (Fsp3) is 0.467. The van der Waals surface area contributed by atoms with Crippen molar-refractivity contribution >= 4 is 29.3 Å². The number of aromatic carboxylic acids is 1. The first-order chi connectivity index (χ1) is 9.88. The molecule has 116 valence electrons. The normalized spacial score (nSPS) is 12.0. The lowest BCUT2D eigenvalue weighted by Gasteiger charge is -2.22. The molecule has 0 radical (unpaired) electrons. The van der Waals surface area contributed by atoms with Crippen LogP contribution in [0.25, 0.3) is 0 Å². The van der Waals surface area contributed by atoms with Gasteiger partial charge < -0.3 is 15.7 Å². The number of hydrogen-bond acceptors (Lipinski definition) is 2. The van der Waals surface area contributed by atoms with Crippen molar-refractivity contribution in [2.24, 2.45) is 5.92 Å². The fourth-order valence-corrected chi connectivity index (χ4v) is 2.46. The van der Waals surface area contributed by atoms with Gasteiger partial charge in [0, 0.05) is 11.1 Å². The molecule has 1 rings (SSSR count). The Labute approximate surface area is 129 Å². The molecule has 0 aromatic heterocycles. The summed E-state index contributed by atoms with van der Waals surface area (Å²) in [5.74, 6) is -0.732. The molecule has 6 heteroatoms. The average Bonchev–Trinajstić information content (AvgIpc) is 2.39. The maximum atomic E-state index is 12.0. The summed E-state index contributed by atoms with van der Waals surface area (Å²) in [7, 11) is 0. The molecule has 3 N–H and O–H groups in total. The topological polar surface area (TPSA) is 78.4 Å². The molecular formula is C15H21ClN2O3. The van der Waals surface area contributed by atoms with E-state index in [2.05, 4.69) is 24.5 Å². The van der Waals surface area contributed by atoms with Crippen LogP contribution in [0.4, 0.5) is 10.5 Å². The Morgan fingerprint density at radius 1 is 1.29 bits per heavy atom. The third-order valence-electron chi connectivity index (χ3n) is 3.57. The molecule has 5 nitrogen and oxygen atoms in total. The van der Waals surface area contributed by atoms with E-state index in [-0.39, 0.29) is 17.3 Å². The largest absolute Gasteiger partial charge is 0.478 e. The van der Waals surface area contributed by atoms with Crippen LogP contribution < -0.4 is 10.6 Å². The van der Waals surface area contributed by atoms with E-state index in [1.807, 2.05) is 6.92 Å². The number of halogens is 1. The Balaban J connectivity index is 2.79. The van der Waals surface area contributed by atoms with Gasteiger partial charge in [0.2, 0.25) is 0 Å². The number of rotatable bonds is 6. The van der Waals surface area contributed by atoms with Gasteiger partial charge in [-0.1, -0.05) is 38.3 Å². The first-order valence-corrected chi connectivity index (χ1v) is 7.37. The van der Waals surface area contributed by atoms with E-state index < -0.39 is 12.0 Å². The van der Waals surface area contributed by atoms with Crippen molar-refractivity contribution < 1.29 is 14.7 Å². The highest BCUT2D eigenvalue weighted by atomic mass is 35.5. The number of carboxylic acids is 1. The van der Waals surface area contributed by atoms with E-state index in [1.54, 1.807) is 0 Å². The molecule has 0 spiro atoms. The molecule has 0 saturated carbocycles. The summed E-state index contributed by atoms with van der Waals surface area (Å²) in [6.45, 7) is 6.08. The Morgan fingerprint density at radius 2 is 1.90 bits per heavy atom. The molecule has 0 aliphatic carbocycles. The molecule has 0 fully saturated rings. The molecule has 1 unspecified atom stereocenters. The molecule has 0 bridgehead atoms. The minimum Gasteiger partial charge on any atom is -0.478 e. The summed E-state index contributed by atoms with van der Waals surface area (Å²) in [4.78, 5) is 23.1. The van der Waals surface area contributed by atoms with Gasteiger partial charge in [-0.05, 0) is 31.0 Å². The number of hydrogen-bond donors (Lipinski definition) is 3. The highest BCUT2D eigenvalue weighted by molar-refractivity contribution is 6.31. The Bertz CT molecular complexity index is 516. The number of carboxylic acid groups (broad SMARTS) is 1. The molecule has 1 aromatic rings. The van der Waals surface area contributed by atoms with Crippen LogP contribution >= 0.6 is 11.6 Å². The molecule has 1 aromatic carbocycles. The van der Waals surface area contributed by atoms with E-state index in [0.29, 0.717) is 10.9 Å². The number of urea groups is 1. The van der Waals surface area contributed by atoms with Crippen molar-refractivity contribution in [1.29, 1.82) is 0 Å². The van der Waals surface area contributed by atoms with Gasteiger partial charge in [-0.15, -0.1) is 0 Å². The Hall–Kier alpha value is -1.75. The molecule has 0 saturated heterocycles. The van der Waals surface area contributed by atoms with Crippen LogP contribution in [-0.4, -0.2) is 23.1 Å². The number of carbonyl (C=O) groups is 2. The maximum Gasteiger partial charge on any atom is 0.337 e. The van der Waals surface area contributed by atoms with Crippen molar-refractivity contribution in [1.82, 2.24) is 5.32 Å². The number of carbonyl (C=O) groups excluding carboxylic acids is 1. The molecule has 0 heterocycles. The van der Waals surface area contributed by atoms with E-state index in [9.17, 15) is 9.59 Å². The van der Waals surface area contributed by atoms with Gasteiger partial charge in [0.25, 0.3) is 0 Å². The second-order valence-electron chi connectivity index (χ2n) is 4.96. The SMILES string of the molecule is CCC(CC)C(C)NC(=O)Nc1cc(Cl)ccc1C(=O)O. The van der Waals surface area contributed by atoms with Crippen molar-refractivity contribution in [3.05, 3.63) is 28.8 Å². The summed E-state index contributed by atoms with van der Waals surface area (Å²) in [5.41, 5.74) is 0.189. The van der Waals surface area contributed by atoms with Gasteiger partial charge in [0.15, 0.2) is 0 Å².